The van der Waals surface area contributed by atoms with E-state index in [1.165, 1.54) is 16.4 Å². The van der Waals surface area contributed by atoms with Crippen LogP contribution in [0.2, 0.25) is 5.02 Å². The van der Waals surface area contributed by atoms with Crippen molar-refractivity contribution in [3.63, 3.8) is 0 Å². The van der Waals surface area contributed by atoms with Gasteiger partial charge in [0.05, 0.1) is 22.3 Å². The Balaban J connectivity index is 1.30. The molecule has 11 heteroatoms. The summed E-state index contributed by atoms with van der Waals surface area (Å²) in [4.78, 5) is 11.6. The Hall–Kier alpha value is -2.34. The largest absolute Gasteiger partial charge is 0.373 e. The fourth-order valence-corrected chi connectivity index (χ4v) is 5.49. The van der Waals surface area contributed by atoms with E-state index < -0.39 is 16.3 Å². The van der Waals surface area contributed by atoms with E-state index in [1.807, 2.05) is 18.2 Å². The molecule has 3 aromatic rings. The molecule has 5 rings (SSSR count). The zero-order valence-corrected chi connectivity index (χ0v) is 18.1. The summed E-state index contributed by atoms with van der Waals surface area (Å²) < 4.78 is 27.2. The van der Waals surface area contributed by atoms with E-state index in [9.17, 15) is 13.5 Å². The molecular formula is C20H21ClN6O3S. The van der Waals surface area contributed by atoms with Crippen LogP contribution in [0.3, 0.4) is 0 Å². The number of nitrogens with zero attached hydrogens (tertiary/aromatic N) is 4. The van der Waals surface area contributed by atoms with Crippen LogP contribution in [0, 0.1) is 0 Å². The number of aliphatic hydroxyl groups excluding tert-OH is 1. The van der Waals surface area contributed by atoms with Gasteiger partial charge in [-0.15, -0.1) is 0 Å². The third-order valence-electron chi connectivity index (χ3n) is 5.57. The number of piperazine rings is 1. The molecule has 1 saturated heterocycles. The Morgan fingerprint density at radius 2 is 1.81 bits per heavy atom. The van der Waals surface area contributed by atoms with Crippen LogP contribution in [-0.2, 0) is 16.6 Å². The van der Waals surface area contributed by atoms with Crippen molar-refractivity contribution in [2.24, 2.45) is 0 Å². The van der Waals surface area contributed by atoms with Gasteiger partial charge < -0.3 is 10.5 Å². The van der Waals surface area contributed by atoms with Crippen LogP contribution in [-0.4, -0.2) is 58.9 Å². The Morgan fingerprint density at radius 3 is 2.55 bits per heavy atom. The highest BCUT2D eigenvalue weighted by atomic mass is 35.5. The number of rotatable bonds is 4. The van der Waals surface area contributed by atoms with Crippen molar-refractivity contribution >= 4 is 38.3 Å². The summed E-state index contributed by atoms with van der Waals surface area (Å²) in [5, 5.41) is 11.4. The van der Waals surface area contributed by atoms with Gasteiger partial charge in [0.2, 0.25) is 10.0 Å². The predicted octanol–water partition coefficient (Wildman–Crippen LogP) is 1.71. The van der Waals surface area contributed by atoms with Crippen LogP contribution in [0.4, 0.5) is 5.82 Å². The van der Waals surface area contributed by atoms with Crippen LogP contribution in [0.15, 0.2) is 47.4 Å². The maximum Gasteiger partial charge on any atom is 0.243 e. The highest BCUT2D eigenvalue weighted by Gasteiger charge is 2.29. The molecule has 0 bridgehead atoms. The Morgan fingerprint density at radius 1 is 1.06 bits per heavy atom. The van der Waals surface area contributed by atoms with Crippen LogP contribution >= 0.6 is 11.6 Å². The molecule has 0 amide bonds. The van der Waals surface area contributed by atoms with Crippen molar-refractivity contribution in [3.05, 3.63) is 58.9 Å². The standard InChI is InChI=1S/C20H21ClN6O3S/c21-13-4-6-14(7-5-13)31(29,30)27-10-8-26(9-11-27)12-17-22-16-3-1-2-15-18(16)19(23-17)24-25-20(15)28/h1-7,20,25,28H,8-12H2,(H,22,23,24). The number of hydrogen-bond acceptors (Lipinski definition) is 8. The lowest BCUT2D eigenvalue weighted by Gasteiger charge is -2.33. The molecule has 9 nitrogen and oxygen atoms in total. The molecule has 2 aliphatic rings. The molecular weight excluding hydrogens is 440 g/mol. The fraction of sp³-hybridized carbons (Fsp3) is 0.300. The number of hydrazine groups is 1. The number of halogens is 1. The second kappa shape index (κ2) is 7.97. The Labute approximate surface area is 184 Å². The van der Waals surface area contributed by atoms with Gasteiger partial charge in [-0.2, -0.15) is 4.31 Å². The van der Waals surface area contributed by atoms with Gasteiger partial charge in [0.1, 0.15) is 12.1 Å². The van der Waals surface area contributed by atoms with Crippen molar-refractivity contribution in [1.29, 1.82) is 0 Å². The van der Waals surface area contributed by atoms with E-state index in [-0.39, 0.29) is 4.90 Å². The van der Waals surface area contributed by atoms with Gasteiger partial charge in [0.25, 0.3) is 0 Å². The Bertz CT molecular complexity index is 1230. The molecule has 1 aromatic heterocycles. The molecule has 0 spiro atoms. The summed E-state index contributed by atoms with van der Waals surface area (Å²) in [5.74, 6) is 1.27. The molecule has 2 aliphatic heterocycles. The smallest absolute Gasteiger partial charge is 0.243 e. The van der Waals surface area contributed by atoms with E-state index in [4.69, 9.17) is 11.6 Å². The van der Waals surface area contributed by atoms with E-state index >= 15 is 0 Å². The predicted molar refractivity (Wildman–Crippen MR) is 117 cm³/mol. The molecule has 31 heavy (non-hydrogen) atoms. The fourth-order valence-electron chi connectivity index (χ4n) is 3.94. The van der Waals surface area contributed by atoms with E-state index in [0.717, 1.165) is 16.5 Å². The number of nitrogens with one attached hydrogen (secondary N) is 2. The lowest BCUT2D eigenvalue weighted by Crippen LogP contribution is -2.48. The van der Waals surface area contributed by atoms with Crippen molar-refractivity contribution in [2.75, 3.05) is 31.6 Å². The normalized spacial score (nSPS) is 20.0. The monoisotopic (exact) mass is 460 g/mol. The van der Waals surface area contributed by atoms with Gasteiger partial charge in [0, 0.05) is 36.8 Å². The lowest BCUT2D eigenvalue weighted by molar-refractivity contribution is 0.148. The minimum absolute atomic E-state index is 0.249. The highest BCUT2D eigenvalue weighted by Crippen LogP contribution is 2.31. The first-order chi connectivity index (χ1) is 14.9. The van der Waals surface area contributed by atoms with Gasteiger partial charge in [-0.1, -0.05) is 23.7 Å². The zero-order valence-electron chi connectivity index (χ0n) is 16.5. The quantitative estimate of drug-likeness (QED) is 0.539. The average Bonchev–Trinajstić information content (AvgIpc) is 2.77. The van der Waals surface area contributed by atoms with Gasteiger partial charge in [-0.05, 0) is 30.3 Å². The van der Waals surface area contributed by atoms with Gasteiger partial charge in [-0.25, -0.2) is 23.8 Å². The van der Waals surface area contributed by atoms with E-state index in [0.29, 0.717) is 49.4 Å². The number of aliphatic hydroxyl groups is 1. The second-order valence-electron chi connectivity index (χ2n) is 7.54. The van der Waals surface area contributed by atoms with Crippen LogP contribution < -0.4 is 10.9 Å². The molecule has 3 heterocycles. The minimum atomic E-state index is -3.54. The summed E-state index contributed by atoms with van der Waals surface area (Å²) in [6.07, 6.45) is -0.818. The third-order valence-corrected chi connectivity index (χ3v) is 7.74. The number of anilines is 1. The number of sulfonamides is 1. The molecule has 1 unspecified atom stereocenters. The number of aromatic nitrogens is 2. The van der Waals surface area contributed by atoms with Crippen LogP contribution in [0.5, 0.6) is 0 Å². The molecule has 162 valence electrons. The molecule has 0 saturated carbocycles. The summed E-state index contributed by atoms with van der Waals surface area (Å²) >= 11 is 5.87. The molecule has 3 N–H and O–H groups in total. The third kappa shape index (κ3) is 3.86. The first-order valence-electron chi connectivity index (χ1n) is 9.89. The van der Waals surface area contributed by atoms with E-state index in [1.54, 1.807) is 12.1 Å². The SMILES string of the molecule is O=S(=O)(c1ccc(Cl)cc1)N1CCN(Cc2nc3c4c(cccc4n2)C(O)NN3)CC1. The summed E-state index contributed by atoms with van der Waals surface area (Å²) in [6, 6.07) is 11.8. The maximum absolute atomic E-state index is 12.9. The van der Waals surface area contributed by atoms with Crippen molar-refractivity contribution in [3.8, 4) is 0 Å². The van der Waals surface area contributed by atoms with Crippen LogP contribution in [0.25, 0.3) is 10.9 Å². The Kier molecular flexibility index (Phi) is 5.29. The van der Waals surface area contributed by atoms with Crippen molar-refractivity contribution < 1.29 is 13.5 Å². The summed E-state index contributed by atoms with van der Waals surface area (Å²) in [7, 11) is -3.54. The molecule has 2 aromatic carbocycles. The van der Waals surface area contributed by atoms with Crippen molar-refractivity contribution in [1.82, 2.24) is 24.6 Å². The molecule has 0 radical (unpaired) electrons. The van der Waals surface area contributed by atoms with Gasteiger partial charge >= 0.3 is 0 Å². The number of hydrogen-bond donors (Lipinski definition) is 3. The second-order valence-corrected chi connectivity index (χ2v) is 9.91. The van der Waals surface area contributed by atoms with E-state index in [2.05, 4.69) is 25.7 Å². The van der Waals surface area contributed by atoms with Crippen molar-refractivity contribution in [2.45, 2.75) is 17.7 Å². The maximum atomic E-state index is 12.9. The van der Waals surface area contributed by atoms with Crippen LogP contribution in [0.1, 0.15) is 17.6 Å². The summed E-state index contributed by atoms with van der Waals surface area (Å²) in [5.41, 5.74) is 7.22. The summed E-state index contributed by atoms with van der Waals surface area (Å²) in [6.45, 7) is 2.44. The van der Waals surface area contributed by atoms with Gasteiger partial charge in [0.15, 0.2) is 5.82 Å². The molecule has 1 fully saturated rings. The average molecular weight is 461 g/mol. The minimum Gasteiger partial charge on any atom is -0.373 e. The first kappa shape index (κ1) is 20.6. The topological polar surface area (TPSA) is 111 Å². The lowest BCUT2D eigenvalue weighted by atomic mass is 10.1. The van der Waals surface area contributed by atoms with Gasteiger partial charge in [-0.3, -0.25) is 4.90 Å². The zero-order chi connectivity index (χ0) is 21.6. The highest BCUT2D eigenvalue weighted by molar-refractivity contribution is 7.89. The first-order valence-corrected chi connectivity index (χ1v) is 11.7. The number of benzene rings is 2. The molecule has 0 aliphatic carbocycles. The molecule has 1 atom stereocenters.